The van der Waals surface area contributed by atoms with Crippen molar-refractivity contribution in [3.8, 4) is 0 Å². The number of piperazine rings is 1. The van der Waals surface area contributed by atoms with E-state index in [9.17, 15) is 0 Å². The molecule has 2 fully saturated rings. The van der Waals surface area contributed by atoms with Gasteiger partial charge in [-0.05, 0) is 32.0 Å². The summed E-state index contributed by atoms with van der Waals surface area (Å²) in [6, 6.07) is 1.84. The van der Waals surface area contributed by atoms with Gasteiger partial charge < -0.3 is 20.4 Å². The minimum absolute atomic E-state index is 0. The van der Waals surface area contributed by atoms with Crippen molar-refractivity contribution < 1.29 is 0 Å². The molecule has 0 saturated carbocycles. The Morgan fingerprint density at radius 2 is 1.70 bits per heavy atom. The van der Waals surface area contributed by atoms with Crippen LogP contribution in [0.2, 0.25) is 0 Å². The van der Waals surface area contributed by atoms with E-state index >= 15 is 0 Å². The fourth-order valence-corrected chi connectivity index (χ4v) is 3.00. The van der Waals surface area contributed by atoms with Crippen molar-refractivity contribution >= 4 is 35.9 Å². The molecule has 2 aliphatic heterocycles. The van der Waals surface area contributed by atoms with Crippen molar-refractivity contribution in [1.82, 2.24) is 19.8 Å². The second kappa shape index (κ2) is 9.21. The van der Waals surface area contributed by atoms with E-state index in [0.29, 0.717) is 5.96 Å². The van der Waals surface area contributed by atoms with Crippen molar-refractivity contribution in [3.05, 3.63) is 18.5 Å². The van der Waals surface area contributed by atoms with Gasteiger partial charge >= 0.3 is 0 Å². The van der Waals surface area contributed by atoms with Gasteiger partial charge in [0.2, 0.25) is 5.95 Å². The van der Waals surface area contributed by atoms with Gasteiger partial charge in [-0.2, -0.15) is 0 Å². The first-order chi connectivity index (χ1) is 10.8. The maximum Gasteiger partial charge on any atom is 0.225 e. The molecule has 0 aromatic carbocycles. The highest BCUT2D eigenvalue weighted by Gasteiger charge is 2.19. The minimum atomic E-state index is 0. The van der Waals surface area contributed by atoms with E-state index in [2.05, 4.69) is 29.7 Å². The molecule has 128 valence electrons. The van der Waals surface area contributed by atoms with Crippen LogP contribution in [0.25, 0.3) is 0 Å². The largest absolute Gasteiger partial charge is 0.370 e. The predicted octanol–water partition coefficient (Wildman–Crippen LogP) is 0.627. The number of hydrogen-bond acceptors (Lipinski definition) is 5. The number of aromatic nitrogens is 2. The molecule has 2 aliphatic rings. The number of rotatable bonds is 4. The van der Waals surface area contributed by atoms with Crippen LogP contribution in [-0.4, -0.2) is 78.1 Å². The molecule has 3 rings (SSSR count). The van der Waals surface area contributed by atoms with Crippen LogP contribution in [0.1, 0.15) is 12.8 Å². The van der Waals surface area contributed by atoms with Crippen LogP contribution >= 0.6 is 24.0 Å². The summed E-state index contributed by atoms with van der Waals surface area (Å²) in [5, 5.41) is 0. The fraction of sp³-hybridized carbons (Fsp3) is 0.667. The van der Waals surface area contributed by atoms with Gasteiger partial charge in [-0.1, -0.05) is 0 Å². The summed E-state index contributed by atoms with van der Waals surface area (Å²) in [5.74, 6) is 1.47. The average molecular weight is 431 g/mol. The first-order valence-electron chi connectivity index (χ1n) is 8.12. The maximum atomic E-state index is 6.12. The van der Waals surface area contributed by atoms with E-state index in [1.54, 1.807) is 12.4 Å². The van der Waals surface area contributed by atoms with Crippen molar-refractivity contribution in [2.75, 3.05) is 57.3 Å². The molecule has 2 N–H and O–H groups in total. The third-order valence-electron chi connectivity index (χ3n) is 4.33. The van der Waals surface area contributed by atoms with E-state index in [4.69, 9.17) is 5.73 Å². The molecule has 0 radical (unpaired) electrons. The number of nitrogens with zero attached hydrogens (tertiary/aromatic N) is 6. The molecule has 3 heterocycles. The normalized spacial score (nSPS) is 19.7. The Morgan fingerprint density at radius 3 is 2.35 bits per heavy atom. The smallest absolute Gasteiger partial charge is 0.225 e. The Labute approximate surface area is 155 Å². The van der Waals surface area contributed by atoms with Crippen LogP contribution in [0.5, 0.6) is 0 Å². The second-order valence-corrected chi connectivity index (χ2v) is 5.81. The maximum absolute atomic E-state index is 6.12. The molecule has 0 unspecified atom stereocenters. The quantitative estimate of drug-likeness (QED) is 0.428. The number of aliphatic imine (C=N–C) groups is 1. The molecular formula is C15H26IN7. The zero-order chi connectivity index (χ0) is 15.2. The van der Waals surface area contributed by atoms with E-state index in [1.807, 2.05) is 6.07 Å². The topological polar surface area (TPSA) is 73.9 Å². The van der Waals surface area contributed by atoms with Crippen LogP contribution in [0.15, 0.2) is 23.5 Å². The van der Waals surface area contributed by atoms with Crippen LogP contribution < -0.4 is 10.6 Å². The molecule has 0 aliphatic carbocycles. The van der Waals surface area contributed by atoms with E-state index in [1.165, 1.54) is 25.9 Å². The van der Waals surface area contributed by atoms with Crippen LogP contribution in [-0.2, 0) is 0 Å². The van der Waals surface area contributed by atoms with Gasteiger partial charge in [0, 0.05) is 45.1 Å². The lowest BCUT2D eigenvalue weighted by Crippen LogP contribution is -2.51. The molecule has 2 saturated heterocycles. The van der Waals surface area contributed by atoms with Crippen molar-refractivity contribution in [1.29, 1.82) is 0 Å². The predicted molar refractivity (Wildman–Crippen MR) is 103 cm³/mol. The Balaban J connectivity index is 0.00000192. The highest BCUT2D eigenvalue weighted by Crippen LogP contribution is 2.09. The number of hydrogen-bond donors (Lipinski definition) is 1. The zero-order valence-corrected chi connectivity index (χ0v) is 15.8. The summed E-state index contributed by atoms with van der Waals surface area (Å²) in [6.07, 6.45) is 6.21. The standard InChI is InChI=1S/C15H25N7.HI/c16-14(17-6-9-20-7-1-2-8-20)21-10-12-22(13-11-21)15-18-4-3-5-19-15;/h3-5H,1-2,6-13H2,(H2,16,17);1H. The zero-order valence-electron chi connectivity index (χ0n) is 13.5. The summed E-state index contributed by atoms with van der Waals surface area (Å²) < 4.78 is 0. The van der Waals surface area contributed by atoms with Crippen molar-refractivity contribution in [3.63, 3.8) is 0 Å². The Hall–Kier alpha value is -1.16. The summed E-state index contributed by atoms with van der Waals surface area (Å²) >= 11 is 0. The molecule has 0 bridgehead atoms. The number of likely N-dealkylation sites (tertiary alicyclic amines) is 1. The Kier molecular flexibility index (Phi) is 7.28. The molecular weight excluding hydrogens is 405 g/mol. The molecule has 1 aromatic rings. The summed E-state index contributed by atoms with van der Waals surface area (Å²) in [5.41, 5.74) is 6.12. The summed E-state index contributed by atoms with van der Waals surface area (Å²) in [7, 11) is 0. The Bertz CT molecular complexity index is 482. The van der Waals surface area contributed by atoms with Gasteiger partial charge in [-0.25, -0.2) is 9.97 Å². The number of nitrogens with two attached hydrogens (primary N) is 1. The highest BCUT2D eigenvalue weighted by atomic mass is 127. The van der Waals surface area contributed by atoms with Gasteiger partial charge in [-0.3, -0.25) is 4.99 Å². The van der Waals surface area contributed by atoms with Gasteiger partial charge in [0.1, 0.15) is 0 Å². The van der Waals surface area contributed by atoms with Gasteiger partial charge in [0.15, 0.2) is 5.96 Å². The third kappa shape index (κ3) is 5.17. The lowest BCUT2D eigenvalue weighted by Gasteiger charge is -2.35. The SMILES string of the molecule is I.NC(=NCCN1CCCC1)N1CCN(c2ncccn2)CC1. The van der Waals surface area contributed by atoms with Crippen LogP contribution in [0, 0.1) is 0 Å². The average Bonchev–Trinajstić information content (AvgIpc) is 3.09. The monoisotopic (exact) mass is 431 g/mol. The number of anilines is 1. The third-order valence-corrected chi connectivity index (χ3v) is 4.33. The molecule has 0 atom stereocenters. The van der Waals surface area contributed by atoms with E-state index in [0.717, 1.165) is 45.2 Å². The first kappa shape index (κ1) is 18.2. The van der Waals surface area contributed by atoms with Crippen molar-refractivity contribution in [2.24, 2.45) is 10.7 Å². The molecule has 0 spiro atoms. The van der Waals surface area contributed by atoms with Crippen molar-refractivity contribution in [2.45, 2.75) is 12.8 Å². The molecule has 8 heteroatoms. The molecule has 1 aromatic heterocycles. The molecule has 23 heavy (non-hydrogen) atoms. The highest BCUT2D eigenvalue weighted by molar-refractivity contribution is 14.0. The molecule has 7 nitrogen and oxygen atoms in total. The Morgan fingerprint density at radius 1 is 1.04 bits per heavy atom. The number of halogens is 1. The lowest BCUT2D eigenvalue weighted by molar-refractivity contribution is 0.345. The van der Waals surface area contributed by atoms with E-state index in [-0.39, 0.29) is 24.0 Å². The molecule has 0 amide bonds. The fourth-order valence-electron chi connectivity index (χ4n) is 3.00. The minimum Gasteiger partial charge on any atom is -0.370 e. The van der Waals surface area contributed by atoms with Gasteiger partial charge in [-0.15, -0.1) is 24.0 Å². The summed E-state index contributed by atoms with van der Waals surface area (Å²) in [4.78, 5) is 19.9. The van der Waals surface area contributed by atoms with Crippen LogP contribution in [0.4, 0.5) is 5.95 Å². The second-order valence-electron chi connectivity index (χ2n) is 5.81. The first-order valence-corrected chi connectivity index (χ1v) is 8.12. The summed E-state index contributed by atoms with van der Waals surface area (Å²) in [6.45, 7) is 7.76. The van der Waals surface area contributed by atoms with E-state index < -0.39 is 0 Å². The number of guanidine groups is 1. The van der Waals surface area contributed by atoms with Gasteiger partial charge in [0.05, 0.1) is 6.54 Å². The van der Waals surface area contributed by atoms with Gasteiger partial charge in [0.25, 0.3) is 0 Å². The van der Waals surface area contributed by atoms with Crippen LogP contribution in [0.3, 0.4) is 0 Å². The lowest BCUT2D eigenvalue weighted by atomic mass is 10.3.